The number of aromatic amines is 3. The first-order valence-corrected chi connectivity index (χ1v) is 5.18. The van der Waals surface area contributed by atoms with Crippen LogP contribution in [0.4, 0.5) is 0 Å². The third kappa shape index (κ3) is 23.8. The Kier molecular flexibility index (Phi) is 21.2. The molecule has 1 rings (SSSR count). The Hall–Kier alpha value is -1.71. The molecular formula is C9H21N3O6. The third-order valence-electron chi connectivity index (χ3n) is 0.681. The summed E-state index contributed by atoms with van der Waals surface area (Å²) in [5, 5.41) is 22.7. The van der Waals surface area contributed by atoms with Gasteiger partial charge in [-0.25, -0.2) is 14.4 Å². The zero-order chi connectivity index (χ0) is 15.0. The molecular weight excluding hydrogens is 246 g/mol. The van der Waals surface area contributed by atoms with Crippen LogP contribution in [-0.4, -0.2) is 50.1 Å². The second kappa shape index (κ2) is 17.7. The number of aliphatic hydroxyl groups excluding tert-OH is 3. The molecule has 1 heterocycles. The summed E-state index contributed by atoms with van der Waals surface area (Å²) < 4.78 is 0. The standard InChI is InChI=1S/C3H3N3O3.3C2H6O/c7-1-4-2(8)6-3(9)5-1;3*1-2-3/h(H3,4,5,6,7,8,9);3*3H,2H2,1H3. The fraction of sp³-hybridized carbons (Fsp3) is 0.667. The van der Waals surface area contributed by atoms with Gasteiger partial charge in [0.05, 0.1) is 0 Å². The first-order chi connectivity index (χ1) is 8.42. The van der Waals surface area contributed by atoms with Crippen molar-refractivity contribution in [2.24, 2.45) is 0 Å². The van der Waals surface area contributed by atoms with Crippen molar-refractivity contribution >= 4 is 0 Å². The van der Waals surface area contributed by atoms with Crippen LogP contribution in [0.25, 0.3) is 0 Å². The van der Waals surface area contributed by atoms with Gasteiger partial charge in [-0.2, -0.15) is 0 Å². The van der Waals surface area contributed by atoms with Crippen LogP contribution >= 0.6 is 0 Å². The van der Waals surface area contributed by atoms with E-state index in [9.17, 15) is 14.4 Å². The topological polar surface area (TPSA) is 159 Å². The van der Waals surface area contributed by atoms with Crippen LogP contribution in [0.1, 0.15) is 20.8 Å². The number of aliphatic hydroxyl groups is 3. The van der Waals surface area contributed by atoms with E-state index in [0.717, 1.165) is 0 Å². The highest BCUT2D eigenvalue weighted by Crippen LogP contribution is 1.31. The Labute approximate surface area is 103 Å². The van der Waals surface area contributed by atoms with Crippen molar-refractivity contribution in [1.29, 1.82) is 0 Å². The zero-order valence-electron chi connectivity index (χ0n) is 10.7. The highest BCUT2D eigenvalue weighted by molar-refractivity contribution is 4.60. The molecule has 1 aromatic heterocycles. The number of H-pyrrole nitrogens is 3. The minimum atomic E-state index is -0.802. The molecule has 0 saturated heterocycles. The summed E-state index contributed by atoms with van der Waals surface area (Å²) in [4.78, 5) is 35.9. The number of nitrogens with one attached hydrogen (secondary N) is 3. The first kappa shape index (κ1) is 21.6. The van der Waals surface area contributed by atoms with Crippen molar-refractivity contribution in [1.82, 2.24) is 15.0 Å². The van der Waals surface area contributed by atoms with E-state index in [4.69, 9.17) is 15.3 Å². The summed E-state index contributed by atoms with van der Waals surface area (Å²) in [7, 11) is 0. The number of rotatable bonds is 0. The summed E-state index contributed by atoms with van der Waals surface area (Å²) in [6.45, 7) is 5.79. The maximum atomic E-state index is 10.2. The lowest BCUT2D eigenvalue weighted by molar-refractivity contribution is 0.318. The molecule has 0 aliphatic carbocycles. The molecule has 1 aromatic rings. The van der Waals surface area contributed by atoms with Gasteiger partial charge < -0.3 is 15.3 Å². The molecule has 0 aliphatic heterocycles. The number of hydrogen-bond donors (Lipinski definition) is 6. The van der Waals surface area contributed by atoms with Gasteiger partial charge >= 0.3 is 17.1 Å². The Morgan fingerprint density at radius 3 is 0.889 bits per heavy atom. The summed E-state index contributed by atoms with van der Waals surface area (Å²) in [5.74, 6) is 0. The third-order valence-corrected chi connectivity index (χ3v) is 0.681. The summed E-state index contributed by atoms with van der Waals surface area (Å²) in [6.07, 6.45) is 0. The van der Waals surface area contributed by atoms with Crippen molar-refractivity contribution < 1.29 is 15.3 Å². The lowest BCUT2D eigenvalue weighted by Crippen LogP contribution is -2.34. The van der Waals surface area contributed by atoms with Gasteiger partial charge in [0.1, 0.15) is 0 Å². The van der Waals surface area contributed by atoms with Crippen LogP contribution in [0.3, 0.4) is 0 Å². The minimum absolute atomic E-state index is 0.250. The Bertz CT molecular complexity index is 324. The predicted octanol–water partition coefficient (Wildman–Crippen LogP) is -2.25. The Morgan fingerprint density at radius 2 is 0.778 bits per heavy atom. The molecule has 0 aromatic carbocycles. The molecule has 6 N–H and O–H groups in total. The van der Waals surface area contributed by atoms with Crippen molar-refractivity contribution in [2.75, 3.05) is 19.8 Å². The molecule has 18 heavy (non-hydrogen) atoms. The summed E-state index contributed by atoms with van der Waals surface area (Å²) in [6, 6.07) is 0. The minimum Gasteiger partial charge on any atom is -0.397 e. The average molecular weight is 267 g/mol. The fourth-order valence-corrected chi connectivity index (χ4v) is 0.403. The van der Waals surface area contributed by atoms with Crippen molar-refractivity contribution in [3.63, 3.8) is 0 Å². The highest BCUT2D eigenvalue weighted by Gasteiger charge is 1.85. The fourth-order valence-electron chi connectivity index (χ4n) is 0.403. The smallest absolute Gasteiger partial charge is 0.330 e. The van der Waals surface area contributed by atoms with Gasteiger partial charge in [-0.1, -0.05) is 0 Å². The van der Waals surface area contributed by atoms with Crippen LogP contribution < -0.4 is 17.1 Å². The normalized spacial score (nSPS) is 7.67. The molecule has 0 saturated carbocycles. The van der Waals surface area contributed by atoms with E-state index < -0.39 is 17.1 Å². The molecule has 0 aliphatic rings. The van der Waals surface area contributed by atoms with Gasteiger partial charge in [0.2, 0.25) is 0 Å². The van der Waals surface area contributed by atoms with Crippen LogP contribution in [-0.2, 0) is 0 Å². The number of aromatic nitrogens is 3. The van der Waals surface area contributed by atoms with Crippen molar-refractivity contribution in [3.8, 4) is 0 Å². The molecule has 0 amide bonds. The van der Waals surface area contributed by atoms with E-state index in [1.807, 2.05) is 0 Å². The monoisotopic (exact) mass is 267 g/mol. The van der Waals surface area contributed by atoms with E-state index >= 15 is 0 Å². The zero-order valence-corrected chi connectivity index (χ0v) is 10.7. The predicted molar refractivity (Wildman–Crippen MR) is 66.6 cm³/mol. The van der Waals surface area contributed by atoms with Gasteiger partial charge in [-0.3, -0.25) is 15.0 Å². The van der Waals surface area contributed by atoms with Crippen LogP contribution in [0.5, 0.6) is 0 Å². The largest absolute Gasteiger partial charge is 0.397 e. The van der Waals surface area contributed by atoms with E-state index in [1.165, 1.54) is 0 Å². The first-order valence-electron chi connectivity index (χ1n) is 5.18. The van der Waals surface area contributed by atoms with E-state index in [1.54, 1.807) is 35.7 Å². The van der Waals surface area contributed by atoms with Gasteiger partial charge in [0, 0.05) is 19.8 Å². The molecule has 0 spiro atoms. The van der Waals surface area contributed by atoms with Crippen LogP contribution in [0.2, 0.25) is 0 Å². The molecule has 9 nitrogen and oxygen atoms in total. The molecule has 9 heteroatoms. The molecule has 0 unspecified atom stereocenters. The van der Waals surface area contributed by atoms with E-state index in [-0.39, 0.29) is 19.8 Å². The lowest BCUT2D eigenvalue weighted by Gasteiger charge is -1.77. The van der Waals surface area contributed by atoms with Gasteiger partial charge in [0.25, 0.3) is 0 Å². The maximum Gasteiger partial charge on any atom is 0.330 e. The quantitative estimate of drug-likeness (QED) is 0.311. The Balaban J connectivity index is -0.000000210. The van der Waals surface area contributed by atoms with Crippen molar-refractivity contribution in [3.05, 3.63) is 31.5 Å². The van der Waals surface area contributed by atoms with Crippen molar-refractivity contribution in [2.45, 2.75) is 20.8 Å². The Morgan fingerprint density at radius 1 is 0.667 bits per heavy atom. The van der Waals surface area contributed by atoms with Crippen LogP contribution in [0, 0.1) is 0 Å². The average Bonchev–Trinajstić information content (AvgIpc) is 2.18. The summed E-state index contributed by atoms with van der Waals surface area (Å²) in [5.41, 5.74) is -2.41. The second-order valence-electron chi connectivity index (χ2n) is 2.31. The van der Waals surface area contributed by atoms with Gasteiger partial charge in [-0.15, -0.1) is 0 Å². The second-order valence-corrected chi connectivity index (χ2v) is 2.31. The molecule has 108 valence electrons. The maximum absolute atomic E-state index is 10.2. The van der Waals surface area contributed by atoms with E-state index in [2.05, 4.69) is 0 Å². The molecule has 0 radical (unpaired) electrons. The SMILES string of the molecule is CCO.CCO.CCO.O=c1[nH]c(=O)[nH]c(=O)[nH]1. The number of hydrogen-bond acceptors (Lipinski definition) is 6. The van der Waals surface area contributed by atoms with Crippen LogP contribution in [0.15, 0.2) is 14.4 Å². The van der Waals surface area contributed by atoms with E-state index in [0.29, 0.717) is 0 Å². The lowest BCUT2D eigenvalue weighted by atomic mass is 10.9. The highest BCUT2D eigenvalue weighted by atomic mass is 16.3. The molecule has 0 atom stereocenters. The summed E-state index contributed by atoms with van der Waals surface area (Å²) >= 11 is 0. The molecule has 0 fully saturated rings. The van der Waals surface area contributed by atoms with Gasteiger partial charge in [0.15, 0.2) is 0 Å². The molecule has 0 bridgehead atoms. The van der Waals surface area contributed by atoms with Gasteiger partial charge in [-0.05, 0) is 20.8 Å².